The van der Waals surface area contributed by atoms with E-state index in [1.807, 2.05) is 36.4 Å². The molecule has 1 fully saturated rings. The Morgan fingerprint density at radius 1 is 0.963 bits per heavy atom. The van der Waals surface area contributed by atoms with Gasteiger partial charge < -0.3 is 9.72 Å². The third kappa shape index (κ3) is 2.73. The third-order valence-corrected chi connectivity index (χ3v) is 4.96. The van der Waals surface area contributed by atoms with Gasteiger partial charge in [-0.2, -0.15) is 0 Å². The van der Waals surface area contributed by atoms with E-state index in [1.54, 1.807) is 11.2 Å². The highest BCUT2D eigenvalue weighted by Crippen LogP contribution is 2.34. The number of nitrogens with one attached hydrogen (secondary N) is 1. The Balaban J connectivity index is 1.49. The van der Waals surface area contributed by atoms with Gasteiger partial charge in [0, 0.05) is 0 Å². The number of cyclic esters (lactones) is 1. The van der Waals surface area contributed by atoms with E-state index < -0.39 is 0 Å². The molecule has 132 valence electrons. The average molecular weight is 355 g/mol. The van der Waals surface area contributed by atoms with Crippen molar-refractivity contribution in [1.29, 1.82) is 0 Å². The van der Waals surface area contributed by atoms with Crippen LogP contribution in [0, 0.1) is 0 Å². The van der Waals surface area contributed by atoms with Gasteiger partial charge in [-0.15, -0.1) is 0 Å². The molecule has 27 heavy (non-hydrogen) atoms. The molecule has 2 heterocycles. The fraction of sp³-hybridized carbons (Fsp3) is 0.0909. The summed E-state index contributed by atoms with van der Waals surface area (Å²) in [6, 6.07) is 24.1. The van der Waals surface area contributed by atoms with E-state index in [9.17, 15) is 4.79 Å². The Bertz CT molecular complexity index is 1100. The molecule has 1 saturated heterocycles. The minimum atomic E-state index is -0.328. The van der Waals surface area contributed by atoms with Crippen molar-refractivity contribution < 1.29 is 9.53 Å². The van der Waals surface area contributed by atoms with Crippen LogP contribution in [0.5, 0.6) is 0 Å². The zero-order chi connectivity index (χ0) is 18.2. The number of rotatable bonds is 3. The zero-order valence-electron chi connectivity index (χ0n) is 14.5. The Kier molecular flexibility index (Phi) is 3.64. The molecule has 1 unspecified atom stereocenters. The number of anilines is 1. The predicted molar refractivity (Wildman–Crippen MR) is 105 cm³/mol. The molecular formula is C22H17N3O2. The number of aromatic amines is 1. The number of carbonyl (C=O) groups is 1. The molecule has 4 aromatic rings. The first-order chi connectivity index (χ1) is 13.3. The first-order valence-corrected chi connectivity index (χ1v) is 8.84. The lowest BCUT2D eigenvalue weighted by Crippen LogP contribution is -2.27. The SMILES string of the molecule is O=C1OCC(c2ccc(-c3ccccc3)cc2)N1c1ccc2nc[nH]c2c1. The maximum atomic E-state index is 12.4. The van der Waals surface area contributed by atoms with Gasteiger partial charge in [-0.1, -0.05) is 54.6 Å². The summed E-state index contributed by atoms with van der Waals surface area (Å²) in [5.74, 6) is 0. The number of H-pyrrole nitrogens is 1. The summed E-state index contributed by atoms with van der Waals surface area (Å²) in [5.41, 5.74) is 5.93. The Morgan fingerprint density at radius 3 is 2.56 bits per heavy atom. The van der Waals surface area contributed by atoms with Gasteiger partial charge >= 0.3 is 6.09 Å². The fourth-order valence-corrected chi connectivity index (χ4v) is 3.55. The monoisotopic (exact) mass is 355 g/mol. The van der Waals surface area contributed by atoms with Crippen molar-refractivity contribution in [2.24, 2.45) is 0 Å². The average Bonchev–Trinajstić information content (AvgIpc) is 3.34. The minimum Gasteiger partial charge on any atom is -0.447 e. The van der Waals surface area contributed by atoms with Gasteiger partial charge in [0.1, 0.15) is 6.61 Å². The second-order valence-corrected chi connectivity index (χ2v) is 6.55. The second kappa shape index (κ2) is 6.29. The van der Waals surface area contributed by atoms with Crippen LogP contribution in [0.1, 0.15) is 11.6 Å². The van der Waals surface area contributed by atoms with Crippen LogP contribution < -0.4 is 4.90 Å². The van der Waals surface area contributed by atoms with E-state index in [2.05, 4.69) is 46.4 Å². The van der Waals surface area contributed by atoms with Crippen LogP contribution in [0.25, 0.3) is 22.2 Å². The first kappa shape index (κ1) is 15.6. The van der Waals surface area contributed by atoms with Crippen LogP contribution in [-0.4, -0.2) is 22.7 Å². The van der Waals surface area contributed by atoms with Gasteiger partial charge in [-0.3, -0.25) is 4.90 Å². The lowest BCUT2D eigenvalue weighted by molar-refractivity contribution is 0.179. The molecule has 1 aliphatic rings. The third-order valence-electron chi connectivity index (χ3n) is 4.96. The van der Waals surface area contributed by atoms with E-state index in [0.29, 0.717) is 6.61 Å². The van der Waals surface area contributed by atoms with Gasteiger partial charge in [0.25, 0.3) is 0 Å². The van der Waals surface area contributed by atoms with Crippen molar-refractivity contribution in [2.45, 2.75) is 6.04 Å². The molecule has 0 spiro atoms. The van der Waals surface area contributed by atoms with Crippen molar-refractivity contribution in [3.8, 4) is 11.1 Å². The second-order valence-electron chi connectivity index (χ2n) is 6.55. The number of nitrogens with zero attached hydrogens (tertiary/aromatic N) is 2. The molecule has 3 aromatic carbocycles. The highest BCUT2D eigenvalue weighted by molar-refractivity contribution is 5.93. The number of imidazole rings is 1. The van der Waals surface area contributed by atoms with E-state index in [-0.39, 0.29) is 12.1 Å². The highest BCUT2D eigenvalue weighted by atomic mass is 16.6. The molecule has 0 bridgehead atoms. The largest absolute Gasteiger partial charge is 0.447 e. The molecule has 0 radical (unpaired) electrons. The molecular weight excluding hydrogens is 338 g/mol. The van der Waals surface area contributed by atoms with Crippen molar-refractivity contribution in [3.63, 3.8) is 0 Å². The smallest absolute Gasteiger partial charge is 0.415 e. The maximum absolute atomic E-state index is 12.4. The molecule has 1 aromatic heterocycles. The normalized spacial score (nSPS) is 16.7. The van der Waals surface area contributed by atoms with Crippen LogP contribution >= 0.6 is 0 Å². The number of ether oxygens (including phenoxy) is 1. The summed E-state index contributed by atoms with van der Waals surface area (Å²) < 4.78 is 5.36. The molecule has 5 rings (SSSR count). The standard InChI is InChI=1S/C22H17N3O2/c26-22-25(18-10-11-19-20(12-18)24-14-23-19)21(13-27-22)17-8-6-16(7-9-17)15-4-2-1-3-5-15/h1-12,14,21H,13H2,(H,23,24). The van der Waals surface area contributed by atoms with Gasteiger partial charge in [-0.25, -0.2) is 9.78 Å². The van der Waals surface area contributed by atoms with Gasteiger partial charge in [0.05, 0.1) is 29.1 Å². The Hall–Kier alpha value is -3.60. The maximum Gasteiger partial charge on any atom is 0.415 e. The summed E-state index contributed by atoms with van der Waals surface area (Å²) in [6.07, 6.45) is 1.32. The van der Waals surface area contributed by atoms with Crippen LogP contribution in [0.3, 0.4) is 0 Å². The number of carbonyl (C=O) groups excluding carboxylic acids is 1. The minimum absolute atomic E-state index is 0.150. The molecule has 1 atom stereocenters. The van der Waals surface area contributed by atoms with Crippen molar-refractivity contribution in [1.82, 2.24) is 9.97 Å². The summed E-state index contributed by atoms with van der Waals surface area (Å²) in [6.45, 7) is 0.338. The quantitative estimate of drug-likeness (QED) is 0.567. The Morgan fingerprint density at radius 2 is 1.74 bits per heavy atom. The molecule has 5 nitrogen and oxygen atoms in total. The molecule has 1 N–H and O–H groups in total. The predicted octanol–water partition coefficient (Wildman–Crippen LogP) is 4.93. The lowest BCUT2D eigenvalue weighted by Gasteiger charge is -2.22. The van der Waals surface area contributed by atoms with Crippen LogP contribution in [0.4, 0.5) is 10.5 Å². The van der Waals surface area contributed by atoms with Gasteiger partial charge in [-0.05, 0) is 34.9 Å². The Labute approximate surface area is 156 Å². The first-order valence-electron chi connectivity index (χ1n) is 8.84. The van der Waals surface area contributed by atoms with Crippen molar-refractivity contribution >= 4 is 22.8 Å². The van der Waals surface area contributed by atoms with Gasteiger partial charge in [0.15, 0.2) is 0 Å². The van der Waals surface area contributed by atoms with E-state index in [1.165, 1.54) is 5.56 Å². The number of hydrogen-bond acceptors (Lipinski definition) is 3. The number of benzene rings is 3. The highest BCUT2D eigenvalue weighted by Gasteiger charge is 2.35. The van der Waals surface area contributed by atoms with Gasteiger partial charge in [0.2, 0.25) is 0 Å². The number of aromatic nitrogens is 2. The number of hydrogen-bond donors (Lipinski definition) is 1. The van der Waals surface area contributed by atoms with Crippen LogP contribution in [-0.2, 0) is 4.74 Å². The number of fused-ring (bicyclic) bond motifs is 1. The summed E-state index contributed by atoms with van der Waals surface area (Å²) in [4.78, 5) is 21.4. The zero-order valence-corrected chi connectivity index (χ0v) is 14.5. The topological polar surface area (TPSA) is 58.2 Å². The summed E-state index contributed by atoms with van der Waals surface area (Å²) in [5, 5.41) is 0. The fourth-order valence-electron chi connectivity index (χ4n) is 3.55. The van der Waals surface area contributed by atoms with E-state index in [4.69, 9.17) is 4.74 Å². The molecule has 0 saturated carbocycles. The van der Waals surface area contributed by atoms with E-state index >= 15 is 0 Å². The summed E-state index contributed by atoms with van der Waals surface area (Å²) >= 11 is 0. The lowest BCUT2D eigenvalue weighted by atomic mass is 10.0. The van der Waals surface area contributed by atoms with E-state index in [0.717, 1.165) is 27.8 Å². The molecule has 1 amide bonds. The van der Waals surface area contributed by atoms with Crippen LogP contribution in [0.15, 0.2) is 79.1 Å². The van der Waals surface area contributed by atoms with Crippen LogP contribution in [0.2, 0.25) is 0 Å². The molecule has 5 heteroatoms. The summed E-state index contributed by atoms with van der Waals surface area (Å²) in [7, 11) is 0. The molecule has 1 aliphatic heterocycles. The molecule has 0 aliphatic carbocycles. The van der Waals surface area contributed by atoms with Crippen molar-refractivity contribution in [3.05, 3.63) is 84.7 Å². The number of amides is 1. The van der Waals surface area contributed by atoms with Crippen molar-refractivity contribution in [2.75, 3.05) is 11.5 Å².